The Morgan fingerprint density at radius 2 is 1.65 bits per heavy atom. The molecule has 1 aliphatic rings. The van der Waals surface area contributed by atoms with Gasteiger partial charge in [-0.1, -0.05) is 18.2 Å². The third-order valence-electron chi connectivity index (χ3n) is 4.43. The third kappa shape index (κ3) is 4.33. The van der Waals surface area contributed by atoms with Gasteiger partial charge in [-0.05, 0) is 36.2 Å². The molecule has 0 aliphatic heterocycles. The van der Waals surface area contributed by atoms with Crippen molar-refractivity contribution < 1.29 is 19.1 Å². The SMILES string of the molecule is COc1ccc(CNC(=O)C2CC2C(=O)Nc2cccc(OC)c2)cc1. The maximum absolute atomic E-state index is 12.3. The van der Waals surface area contributed by atoms with E-state index < -0.39 is 0 Å². The predicted molar refractivity (Wildman–Crippen MR) is 98.1 cm³/mol. The molecule has 2 aromatic carbocycles. The monoisotopic (exact) mass is 354 g/mol. The quantitative estimate of drug-likeness (QED) is 0.801. The van der Waals surface area contributed by atoms with E-state index in [0.29, 0.717) is 24.4 Å². The van der Waals surface area contributed by atoms with Crippen molar-refractivity contribution in [3.8, 4) is 11.5 Å². The molecule has 26 heavy (non-hydrogen) atoms. The molecule has 1 fully saturated rings. The van der Waals surface area contributed by atoms with Gasteiger partial charge in [-0.25, -0.2) is 0 Å². The van der Waals surface area contributed by atoms with E-state index in [1.807, 2.05) is 30.3 Å². The highest BCUT2D eigenvalue weighted by atomic mass is 16.5. The van der Waals surface area contributed by atoms with Crippen LogP contribution >= 0.6 is 0 Å². The van der Waals surface area contributed by atoms with E-state index in [-0.39, 0.29) is 23.7 Å². The summed E-state index contributed by atoms with van der Waals surface area (Å²) in [4.78, 5) is 24.5. The van der Waals surface area contributed by atoms with E-state index in [1.54, 1.807) is 32.4 Å². The Morgan fingerprint density at radius 3 is 2.35 bits per heavy atom. The third-order valence-corrected chi connectivity index (χ3v) is 4.43. The van der Waals surface area contributed by atoms with Crippen molar-refractivity contribution in [3.63, 3.8) is 0 Å². The second-order valence-electron chi connectivity index (χ2n) is 6.24. The molecule has 3 rings (SSSR count). The number of carbonyl (C=O) groups is 2. The van der Waals surface area contributed by atoms with Gasteiger partial charge in [0, 0.05) is 18.3 Å². The van der Waals surface area contributed by atoms with Crippen molar-refractivity contribution in [3.05, 3.63) is 54.1 Å². The van der Waals surface area contributed by atoms with Crippen LogP contribution in [-0.4, -0.2) is 26.0 Å². The lowest BCUT2D eigenvalue weighted by Gasteiger charge is -2.08. The Kier molecular flexibility index (Phi) is 5.41. The lowest BCUT2D eigenvalue weighted by Crippen LogP contribution is -2.27. The summed E-state index contributed by atoms with van der Waals surface area (Å²) in [6.07, 6.45) is 0.574. The summed E-state index contributed by atoms with van der Waals surface area (Å²) >= 11 is 0. The zero-order valence-electron chi connectivity index (χ0n) is 14.8. The smallest absolute Gasteiger partial charge is 0.228 e. The molecule has 0 aromatic heterocycles. The molecule has 1 saturated carbocycles. The highest BCUT2D eigenvalue weighted by Gasteiger charge is 2.47. The Morgan fingerprint density at radius 1 is 0.962 bits per heavy atom. The molecular formula is C20H22N2O4. The van der Waals surface area contributed by atoms with Gasteiger partial charge < -0.3 is 20.1 Å². The molecule has 6 nitrogen and oxygen atoms in total. The van der Waals surface area contributed by atoms with Crippen LogP contribution in [0.15, 0.2) is 48.5 Å². The molecule has 2 unspecified atom stereocenters. The second kappa shape index (κ2) is 7.91. The molecule has 1 aliphatic carbocycles. The first-order valence-corrected chi connectivity index (χ1v) is 8.46. The minimum absolute atomic E-state index is 0.0911. The fourth-order valence-corrected chi connectivity index (χ4v) is 2.77. The fraction of sp³-hybridized carbons (Fsp3) is 0.300. The number of hydrogen-bond donors (Lipinski definition) is 2. The van der Waals surface area contributed by atoms with Crippen LogP contribution in [0.3, 0.4) is 0 Å². The van der Waals surface area contributed by atoms with Gasteiger partial charge in [0.25, 0.3) is 0 Å². The van der Waals surface area contributed by atoms with Gasteiger partial charge in [-0.3, -0.25) is 9.59 Å². The van der Waals surface area contributed by atoms with Gasteiger partial charge in [0.2, 0.25) is 11.8 Å². The van der Waals surface area contributed by atoms with E-state index in [2.05, 4.69) is 10.6 Å². The minimum atomic E-state index is -0.280. The zero-order valence-corrected chi connectivity index (χ0v) is 14.8. The van der Waals surface area contributed by atoms with Crippen LogP contribution in [0.5, 0.6) is 11.5 Å². The Balaban J connectivity index is 1.47. The molecule has 2 atom stereocenters. The molecule has 2 amide bonds. The molecule has 6 heteroatoms. The summed E-state index contributed by atoms with van der Waals surface area (Å²) in [5.74, 6) is 0.675. The minimum Gasteiger partial charge on any atom is -0.497 e. The van der Waals surface area contributed by atoms with Crippen molar-refractivity contribution in [2.24, 2.45) is 11.8 Å². The average molecular weight is 354 g/mol. The summed E-state index contributed by atoms with van der Waals surface area (Å²) < 4.78 is 10.2. The normalized spacial score (nSPS) is 17.9. The van der Waals surface area contributed by atoms with Gasteiger partial charge in [-0.15, -0.1) is 0 Å². The van der Waals surface area contributed by atoms with E-state index in [4.69, 9.17) is 9.47 Å². The fourth-order valence-electron chi connectivity index (χ4n) is 2.77. The summed E-state index contributed by atoms with van der Waals surface area (Å²) in [7, 11) is 3.19. The highest BCUT2D eigenvalue weighted by Crippen LogP contribution is 2.39. The summed E-state index contributed by atoms with van der Waals surface area (Å²) in [6.45, 7) is 0.434. The van der Waals surface area contributed by atoms with Gasteiger partial charge in [0.1, 0.15) is 11.5 Å². The predicted octanol–water partition coefficient (Wildman–Crippen LogP) is 2.59. The molecule has 0 spiro atoms. The Hall–Kier alpha value is -3.02. The maximum atomic E-state index is 12.3. The second-order valence-corrected chi connectivity index (χ2v) is 6.24. The number of rotatable bonds is 7. The number of ether oxygens (including phenoxy) is 2. The number of anilines is 1. The lowest BCUT2D eigenvalue weighted by molar-refractivity contribution is -0.125. The molecule has 0 saturated heterocycles. The number of benzene rings is 2. The van der Waals surface area contributed by atoms with Gasteiger partial charge in [0.05, 0.1) is 26.1 Å². The van der Waals surface area contributed by atoms with Gasteiger partial charge in [0.15, 0.2) is 0 Å². The molecule has 136 valence electrons. The number of carbonyl (C=O) groups excluding carboxylic acids is 2. The molecule has 0 heterocycles. The zero-order chi connectivity index (χ0) is 18.5. The van der Waals surface area contributed by atoms with Crippen LogP contribution in [0.2, 0.25) is 0 Å². The number of nitrogens with one attached hydrogen (secondary N) is 2. The standard InChI is InChI=1S/C20H22N2O4/c1-25-15-8-6-13(7-9-15)12-21-19(23)17-11-18(17)20(24)22-14-4-3-5-16(10-14)26-2/h3-10,17-18H,11-12H2,1-2H3,(H,21,23)(H,22,24). The van der Waals surface area contributed by atoms with Crippen LogP contribution in [0.25, 0.3) is 0 Å². The molecule has 0 bridgehead atoms. The van der Waals surface area contributed by atoms with E-state index in [9.17, 15) is 9.59 Å². The first-order valence-electron chi connectivity index (χ1n) is 8.46. The molecular weight excluding hydrogens is 332 g/mol. The maximum Gasteiger partial charge on any atom is 0.228 e. The van der Waals surface area contributed by atoms with Gasteiger partial charge in [-0.2, -0.15) is 0 Å². The first-order chi connectivity index (χ1) is 12.6. The van der Waals surface area contributed by atoms with Crippen molar-refractivity contribution in [2.45, 2.75) is 13.0 Å². The van der Waals surface area contributed by atoms with Crippen LogP contribution in [-0.2, 0) is 16.1 Å². The molecule has 2 aromatic rings. The summed E-state index contributed by atoms with van der Waals surface area (Å²) in [5.41, 5.74) is 1.65. The highest BCUT2D eigenvalue weighted by molar-refractivity contribution is 5.99. The average Bonchev–Trinajstić information content (AvgIpc) is 3.48. The summed E-state index contributed by atoms with van der Waals surface area (Å²) in [6, 6.07) is 14.7. The molecule has 0 radical (unpaired) electrons. The lowest BCUT2D eigenvalue weighted by atomic mass is 10.2. The topological polar surface area (TPSA) is 76.7 Å². The van der Waals surface area contributed by atoms with Crippen molar-refractivity contribution >= 4 is 17.5 Å². The van der Waals surface area contributed by atoms with Crippen LogP contribution < -0.4 is 20.1 Å². The van der Waals surface area contributed by atoms with Crippen molar-refractivity contribution in [2.75, 3.05) is 19.5 Å². The summed E-state index contributed by atoms with van der Waals surface area (Å²) in [5, 5.41) is 5.72. The van der Waals surface area contributed by atoms with Crippen molar-refractivity contribution in [1.82, 2.24) is 5.32 Å². The van der Waals surface area contributed by atoms with Crippen LogP contribution in [0, 0.1) is 11.8 Å². The van der Waals surface area contributed by atoms with E-state index in [1.165, 1.54) is 0 Å². The first kappa shape index (κ1) is 17.8. The van der Waals surface area contributed by atoms with Gasteiger partial charge >= 0.3 is 0 Å². The number of methoxy groups -OCH3 is 2. The van der Waals surface area contributed by atoms with E-state index in [0.717, 1.165) is 11.3 Å². The van der Waals surface area contributed by atoms with E-state index >= 15 is 0 Å². The van der Waals surface area contributed by atoms with Crippen LogP contribution in [0.4, 0.5) is 5.69 Å². The largest absolute Gasteiger partial charge is 0.497 e. The Labute approximate surface area is 152 Å². The number of hydrogen-bond acceptors (Lipinski definition) is 4. The van der Waals surface area contributed by atoms with Crippen molar-refractivity contribution in [1.29, 1.82) is 0 Å². The van der Waals surface area contributed by atoms with Crippen LogP contribution in [0.1, 0.15) is 12.0 Å². The Bertz CT molecular complexity index is 789. The number of amides is 2. The molecule has 2 N–H and O–H groups in total.